The van der Waals surface area contributed by atoms with Crippen LogP contribution in [0.3, 0.4) is 0 Å². The Hall–Kier alpha value is -1.80. The van der Waals surface area contributed by atoms with Crippen LogP contribution in [0.5, 0.6) is 0 Å². The van der Waals surface area contributed by atoms with E-state index in [9.17, 15) is 8.42 Å². The molecule has 0 bridgehead atoms. The van der Waals surface area contributed by atoms with Crippen LogP contribution in [0.25, 0.3) is 0 Å². The second-order valence-electron chi connectivity index (χ2n) is 4.05. The van der Waals surface area contributed by atoms with Gasteiger partial charge >= 0.3 is 10.2 Å². The molecule has 0 unspecified atom stereocenters. The van der Waals surface area contributed by atoms with Gasteiger partial charge < -0.3 is 15.8 Å². The number of anilines is 2. The van der Waals surface area contributed by atoms with E-state index >= 15 is 0 Å². The van der Waals surface area contributed by atoms with Crippen molar-refractivity contribution in [2.24, 2.45) is 10.1 Å². The van der Waals surface area contributed by atoms with Gasteiger partial charge in [-0.05, 0) is 18.6 Å². The van der Waals surface area contributed by atoms with Gasteiger partial charge in [0, 0.05) is 25.9 Å². The number of hydrogen-bond acceptors (Lipinski definition) is 5. The maximum Gasteiger partial charge on any atom is 0.344 e. The Bertz CT molecular complexity index is 598. The lowest BCUT2D eigenvalue weighted by molar-refractivity contribution is 0.198. The average Bonchev–Trinajstić information content (AvgIpc) is 2.32. The molecule has 19 heavy (non-hydrogen) atoms. The van der Waals surface area contributed by atoms with Gasteiger partial charge in [0.05, 0.1) is 11.3 Å². The monoisotopic (exact) mass is 284 g/mol. The number of ether oxygens (including phenoxy) is 1. The highest BCUT2D eigenvalue weighted by Crippen LogP contribution is 2.28. The van der Waals surface area contributed by atoms with Crippen molar-refractivity contribution in [1.29, 1.82) is 0 Å². The summed E-state index contributed by atoms with van der Waals surface area (Å²) in [6.45, 7) is 1.35. The van der Waals surface area contributed by atoms with Crippen molar-refractivity contribution in [3.8, 4) is 0 Å². The van der Waals surface area contributed by atoms with Crippen molar-refractivity contribution in [2.45, 2.75) is 6.42 Å². The molecule has 1 aliphatic rings. The predicted octanol–water partition coefficient (Wildman–Crippen LogP) is 0.511. The molecule has 0 amide bonds. The molecule has 4 N–H and O–H groups in total. The molecule has 1 aromatic rings. The highest BCUT2D eigenvalue weighted by Gasteiger charge is 2.23. The number of rotatable bonds is 5. The minimum absolute atomic E-state index is 0.0106. The normalized spacial score (nSPS) is 16.2. The maximum atomic E-state index is 11.4. The lowest BCUT2D eigenvalue weighted by Crippen LogP contribution is -2.27. The number of methoxy groups -OCH3 is 1. The fourth-order valence-electron chi connectivity index (χ4n) is 1.84. The van der Waals surface area contributed by atoms with E-state index in [2.05, 4.69) is 14.4 Å². The summed E-state index contributed by atoms with van der Waals surface area (Å²) < 4.78 is 33.6. The van der Waals surface area contributed by atoms with E-state index in [1.807, 2.05) is 6.07 Å². The lowest BCUT2D eigenvalue weighted by atomic mass is 10.1. The summed E-state index contributed by atoms with van der Waals surface area (Å²) in [5, 5.41) is 3.19. The molecule has 0 atom stereocenters. The molecule has 0 saturated heterocycles. The number of fused-ring (bicyclic) bond motifs is 1. The van der Waals surface area contributed by atoms with E-state index in [-0.39, 0.29) is 5.84 Å². The van der Waals surface area contributed by atoms with Gasteiger partial charge in [0.2, 0.25) is 0 Å². The van der Waals surface area contributed by atoms with Gasteiger partial charge in [-0.15, -0.1) is 4.40 Å². The summed E-state index contributed by atoms with van der Waals surface area (Å²) >= 11 is 0. The number of nitrogens with one attached hydrogen (secondary N) is 2. The van der Waals surface area contributed by atoms with Gasteiger partial charge in [-0.2, -0.15) is 8.42 Å². The Balaban J connectivity index is 2.24. The molecular weight excluding hydrogens is 268 g/mol. The maximum absolute atomic E-state index is 11.4. The third-order valence-electron chi connectivity index (χ3n) is 2.62. The topological polar surface area (TPSA) is 106 Å². The van der Waals surface area contributed by atoms with Crippen LogP contribution in [-0.4, -0.2) is 34.5 Å². The Morgan fingerprint density at radius 2 is 2.26 bits per heavy atom. The van der Waals surface area contributed by atoms with Crippen molar-refractivity contribution in [3.63, 3.8) is 0 Å². The smallest absolute Gasteiger partial charge is 0.344 e. The molecule has 8 heteroatoms. The third kappa shape index (κ3) is 3.15. The number of hydrogen-bond donors (Lipinski definition) is 3. The Kier molecular flexibility index (Phi) is 3.91. The second kappa shape index (κ2) is 5.45. The van der Waals surface area contributed by atoms with Crippen LogP contribution >= 0.6 is 0 Å². The quantitative estimate of drug-likeness (QED) is 0.683. The first kappa shape index (κ1) is 13.6. The Morgan fingerprint density at radius 1 is 1.47 bits per heavy atom. The van der Waals surface area contributed by atoms with Gasteiger partial charge in [0.1, 0.15) is 5.84 Å². The van der Waals surface area contributed by atoms with Gasteiger partial charge in [-0.1, -0.05) is 6.07 Å². The summed E-state index contributed by atoms with van der Waals surface area (Å²) in [5.74, 6) is -0.0106. The van der Waals surface area contributed by atoms with Crippen molar-refractivity contribution in [3.05, 3.63) is 23.8 Å². The van der Waals surface area contributed by atoms with E-state index in [0.717, 1.165) is 12.1 Å². The number of amidine groups is 1. The number of benzene rings is 1. The zero-order valence-corrected chi connectivity index (χ0v) is 11.3. The highest BCUT2D eigenvalue weighted by atomic mass is 32.2. The molecule has 1 aromatic carbocycles. The van der Waals surface area contributed by atoms with Crippen LogP contribution in [0.15, 0.2) is 22.6 Å². The molecule has 0 radical (unpaired) electrons. The van der Waals surface area contributed by atoms with Crippen LogP contribution in [0, 0.1) is 0 Å². The summed E-state index contributed by atoms with van der Waals surface area (Å²) in [4.78, 5) is 0. The van der Waals surface area contributed by atoms with Crippen LogP contribution in [0.2, 0.25) is 0 Å². The molecule has 104 valence electrons. The van der Waals surface area contributed by atoms with Gasteiger partial charge in [-0.3, -0.25) is 4.72 Å². The van der Waals surface area contributed by atoms with Crippen LogP contribution in [0.1, 0.15) is 12.0 Å². The predicted molar refractivity (Wildman–Crippen MR) is 74.7 cm³/mol. The van der Waals surface area contributed by atoms with Crippen molar-refractivity contribution < 1.29 is 13.2 Å². The number of nitrogens with zero attached hydrogens (tertiary/aromatic N) is 1. The minimum atomic E-state index is -3.73. The van der Waals surface area contributed by atoms with E-state index in [1.165, 1.54) is 0 Å². The zero-order chi connectivity index (χ0) is 13.9. The Labute approximate surface area is 112 Å². The summed E-state index contributed by atoms with van der Waals surface area (Å²) in [6, 6.07) is 5.22. The molecule has 0 saturated carbocycles. The van der Waals surface area contributed by atoms with E-state index in [1.54, 1.807) is 19.2 Å². The minimum Gasteiger partial charge on any atom is -0.385 e. The molecule has 2 rings (SSSR count). The molecule has 0 spiro atoms. The molecule has 0 aliphatic carbocycles. The summed E-state index contributed by atoms with van der Waals surface area (Å²) in [5.41, 5.74) is 7.48. The van der Waals surface area contributed by atoms with E-state index in [4.69, 9.17) is 10.5 Å². The fraction of sp³-hybridized carbons (Fsp3) is 0.364. The second-order valence-corrected chi connectivity index (χ2v) is 5.39. The largest absolute Gasteiger partial charge is 0.385 e. The van der Waals surface area contributed by atoms with Gasteiger partial charge in [-0.25, -0.2) is 0 Å². The van der Waals surface area contributed by atoms with Crippen molar-refractivity contribution >= 4 is 27.4 Å². The Morgan fingerprint density at radius 3 is 3.00 bits per heavy atom. The molecule has 1 heterocycles. The zero-order valence-electron chi connectivity index (χ0n) is 10.5. The SMILES string of the molecule is COCCCNc1cccc2c1C(N)=NS(=O)(=O)N2. The lowest BCUT2D eigenvalue weighted by Gasteiger charge is -2.19. The third-order valence-corrected chi connectivity index (χ3v) is 3.53. The van der Waals surface area contributed by atoms with Gasteiger partial charge in [0.25, 0.3) is 0 Å². The summed E-state index contributed by atoms with van der Waals surface area (Å²) in [6.07, 6.45) is 0.836. The van der Waals surface area contributed by atoms with Gasteiger partial charge in [0.15, 0.2) is 0 Å². The van der Waals surface area contributed by atoms with Crippen molar-refractivity contribution in [1.82, 2.24) is 0 Å². The first-order valence-corrected chi connectivity index (χ1v) is 7.22. The highest BCUT2D eigenvalue weighted by molar-refractivity contribution is 7.91. The first-order valence-electron chi connectivity index (χ1n) is 5.78. The molecule has 1 aliphatic heterocycles. The molecular formula is C11H16N4O3S. The number of nitrogens with two attached hydrogens (primary N) is 1. The van der Waals surface area contributed by atoms with Crippen LogP contribution in [0.4, 0.5) is 11.4 Å². The summed E-state index contributed by atoms with van der Waals surface area (Å²) in [7, 11) is -2.08. The average molecular weight is 284 g/mol. The molecule has 0 fully saturated rings. The van der Waals surface area contributed by atoms with Crippen molar-refractivity contribution in [2.75, 3.05) is 30.3 Å². The van der Waals surface area contributed by atoms with E-state index in [0.29, 0.717) is 24.4 Å². The van der Waals surface area contributed by atoms with E-state index < -0.39 is 10.2 Å². The first-order chi connectivity index (χ1) is 9.03. The molecule has 0 aromatic heterocycles. The molecule has 7 nitrogen and oxygen atoms in total. The van der Waals surface area contributed by atoms with Crippen LogP contribution < -0.4 is 15.8 Å². The van der Waals surface area contributed by atoms with Crippen LogP contribution in [-0.2, 0) is 14.9 Å². The fourth-order valence-corrected chi connectivity index (χ4v) is 2.68. The standard InChI is InChI=1S/C11H16N4O3S/c1-18-7-3-6-13-8-4-2-5-9-10(8)11(12)15-19(16,17)14-9/h2,4-5,13-14H,3,6-7H2,1H3,(H2,12,15).